The van der Waals surface area contributed by atoms with Crippen molar-refractivity contribution >= 4 is 23.6 Å². The van der Waals surface area contributed by atoms with Gasteiger partial charge < -0.3 is 15.1 Å². The molecule has 1 fully saturated rings. The van der Waals surface area contributed by atoms with Crippen molar-refractivity contribution in [3.63, 3.8) is 0 Å². The first-order chi connectivity index (χ1) is 15.2. The fraction of sp³-hybridized carbons (Fsp3) is 0.583. The van der Waals surface area contributed by atoms with Crippen molar-refractivity contribution in [2.24, 2.45) is 5.92 Å². The molecule has 1 aliphatic heterocycles. The predicted molar refractivity (Wildman–Crippen MR) is 122 cm³/mol. The van der Waals surface area contributed by atoms with Crippen molar-refractivity contribution in [3.05, 3.63) is 42.5 Å². The van der Waals surface area contributed by atoms with Gasteiger partial charge in [0.25, 0.3) is 5.91 Å². The van der Waals surface area contributed by atoms with Gasteiger partial charge in [-0.05, 0) is 43.1 Å². The number of thioether (sulfide) groups is 1. The van der Waals surface area contributed by atoms with Crippen molar-refractivity contribution in [1.29, 1.82) is 0 Å². The molecule has 1 aliphatic rings. The van der Waals surface area contributed by atoms with Gasteiger partial charge in [0.05, 0.1) is 12.1 Å². The highest BCUT2D eigenvalue weighted by Crippen LogP contribution is 2.34. The fourth-order valence-electron chi connectivity index (χ4n) is 3.65. The van der Waals surface area contributed by atoms with Gasteiger partial charge >= 0.3 is 11.9 Å². The molecule has 0 saturated carbocycles. The second-order valence-electron chi connectivity index (χ2n) is 8.34. The van der Waals surface area contributed by atoms with E-state index < -0.39 is 36.4 Å². The van der Waals surface area contributed by atoms with Gasteiger partial charge in [0.15, 0.2) is 0 Å². The van der Waals surface area contributed by atoms with Crippen LogP contribution in [-0.4, -0.2) is 57.4 Å². The molecule has 1 amide bonds. The van der Waals surface area contributed by atoms with Crippen molar-refractivity contribution < 1.29 is 28.6 Å². The third-order valence-electron chi connectivity index (χ3n) is 5.68. The topological polar surface area (TPSA) is 77.8 Å². The summed E-state index contributed by atoms with van der Waals surface area (Å²) < 4.78 is 28.0. The molecule has 0 aromatic heterocycles. The standard InChI is InChI=1S/C24H33F2NO4S/c1-18(14-16-32-20-9-5-4-6-10-20)21(28)13-12-19-17-24(25,26)23(31)27(19)15-8-3-2-7-11-22(29)30/h4-6,9-10,12-13,18-19,21,28H,2-3,7-8,11,14-17H2,1H3,(H,29,30)/t18-,19?,21+/m0/s1. The number of aliphatic hydroxyl groups excluding tert-OH is 1. The Bertz CT molecular complexity index is 760. The highest BCUT2D eigenvalue weighted by atomic mass is 32.2. The Balaban J connectivity index is 1.81. The summed E-state index contributed by atoms with van der Waals surface area (Å²) in [6, 6.07) is 9.24. The zero-order chi connectivity index (χ0) is 23.6. The summed E-state index contributed by atoms with van der Waals surface area (Å²) in [5.74, 6) is -4.61. The molecule has 0 aliphatic carbocycles. The number of likely N-dealkylation sites (tertiary alicyclic amines) is 1. The molecule has 1 heterocycles. The Hall–Kier alpha value is -1.93. The van der Waals surface area contributed by atoms with Crippen LogP contribution in [-0.2, 0) is 9.59 Å². The maximum Gasteiger partial charge on any atom is 0.327 e. The van der Waals surface area contributed by atoms with E-state index in [1.165, 1.54) is 17.1 Å². The van der Waals surface area contributed by atoms with Gasteiger partial charge in [-0.15, -0.1) is 11.8 Å². The average Bonchev–Trinajstić information content (AvgIpc) is 2.97. The Morgan fingerprint density at radius 3 is 2.62 bits per heavy atom. The van der Waals surface area contributed by atoms with Crippen LogP contribution in [0.1, 0.15) is 51.9 Å². The molecule has 3 atom stereocenters. The fourth-order valence-corrected chi connectivity index (χ4v) is 4.73. The number of hydrogen-bond donors (Lipinski definition) is 2. The number of carbonyl (C=O) groups excluding carboxylic acids is 1. The van der Waals surface area contributed by atoms with E-state index in [2.05, 4.69) is 0 Å². The normalized spacial score (nSPS) is 20.1. The number of amides is 1. The van der Waals surface area contributed by atoms with Gasteiger partial charge in [-0.25, -0.2) is 0 Å². The number of carbonyl (C=O) groups is 2. The summed E-state index contributed by atoms with van der Waals surface area (Å²) in [5, 5.41) is 19.1. The smallest absolute Gasteiger partial charge is 0.327 e. The Labute approximate surface area is 192 Å². The maximum absolute atomic E-state index is 14.0. The van der Waals surface area contributed by atoms with E-state index in [0.29, 0.717) is 25.7 Å². The lowest BCUT2D eigenvalue weighted by molar-refractivity contribution is -0.148. The van der Waals surface area contributed by atoms with Crippen LogP contribution in [0.15, 0.2) is 47.4 Å². The Morgan fingerprint density at radius 2 is 1.94 bits per heavy atom. The van der Waals surface area contributed by atoms with Gasteiger partial charge in [0.2, 0.25) is 0 Å². The summed E-state index contributed by atoms with van der Waals surface area (Å²) in [7, 11) is 0. The minimum atomic E-state index is -3.39. The number of benzene rings is 1. The molecule has 2 rings (SSSR count). The zero-order valence-electron chi connectivity index (χ0n) is 18.5. The molecule has 1 aromatic rings. The molecule has 1 saturated heterocycles. The van der Waals surface area contributed by atoms with Gasteiger partial charge in [0, 0.05) is 24.3 Å². The van der Waals surface area contributed by atoms with Crippen molar-refractivity contribution in [3.8, 4) is 0 Å². The first kappa shape index (κ1) is 26.3. The summed E-state index contributed by atoms with van der Waals surface area (Å²) in [4.78, 5) is 25.0. The molecular formula is C24H33F2NO4S. The summed E-state index contributed by atoms with van der Waals surface area (Å²) in [6.45, 7) is 2.12. The lowest BCUT2D eigenvalue weighted by atomic mass is 10.0. The number of aliphatic hydroxyl groups is 1. The van der Waals surface area contributed by atoms with E-state index in [1.807, 2.05) is 37.3 Å². The molecule has 0 radical (unpaired) electrons. The van der Waals surface area contributed by atoms with Crippen molar-refractivity contribution in [2.75, 3.05) is 12.3 Å². The number of nitrogens with zero attached hydrogens (tertiary/aromatic N) is 1. The molecule has 0 spiro atoms. The number of carboxylic acids is 1. The number of halogens is 2. The van der Waals surface area contributed by atoms with Crippen LogP contribution in [0.3, 0.4) is 0 Å². The maximum atomic E-state index is 14.0. The summed E-state index contributed by atoms with van der Waals surface area (Å²) in [5.41, 5.74) is 0. The lowest BCUT2D eigenvalue weighted by Crippen LogP contribution is -2.36. The number of alkyl halides is 2. The first-order valence-electron chi connectivity index (χ1n) is 11.2. The number of carboxylic acid groups (broad SMARTS) is 1. The first-order valence-corrected chi connectivity index (χ1v) is 12.1. The van der Waals surface area contributed by atoms with Crippen molar-refractivity contribution in [2.45, 2.75) is 74.8 Å². The van der Waals surface area contributed by atoms with Crippen LogP contribution in [0, 0.1) is 5.92 Å². The van der Waals surface area contributed by atoms with Crippen LogP contribution in [0.25, 0.3) is 0 Å². The van der Waals surface area contributed by atoms with Crippen LogP contribution in [0.5, 0.6) is 0 Å². The van der Waals surface area contributed by atoms with Gasteiger partial charge in [-0.2, -0.15) is 8.78 Å². The van der Waals surface area contributed by atoms with Crippen LogP contribution < -0.4 is 0 Å². The molecule has 0 bridgehead atoms. The number of aliphatic carboxylic acids is 1. The minimum absolute atomic E-state index is 0.0391. The molecule has 1 aromatic carbocycles. The van der Waals surface area contributed by atoms with E-state index in [1.54, 1.807) is 11.8 Å². The van der Waals surface area contributed by atoms with Crippen LogP contribution in [0.4, 0.5) is 8.78 Å². The van der Waals surface area contributed by atoms with Gasteiger partial charge in [0.1, 0.15) is 0 Å². The molecule has 178 valence electrons. The van der Waals surface area contributed by atoms with E-state index in [-0.39, 0.29) is 18.9 Å². The molecule has 32 heavy (non-hydrogen) atoms. The Kier molecular flexibility index (Phi) is 10.6. The molecule has 8 heteroatoms. The highest BCUT2D eigenvalue weighted by molar-refractivity contribution is 7.99. The van der Waals surface area contributed by atoms with Crippen LogP contribution >= 0.6 is 11.8 Å². The molecule has 5 nitrogen and oxygen atoms in total. The van der Waals surface area contributed by atoms with E-state index in [4.69, 9.17) is 5.11 Å². The number of rotatable bonds is 14. The van der Waals surface area contributed by atoms with E-state index >= 15 is 0 Å². The lowest BCUT2D eigenvalue weighted by Gasteiger charge is -2.22. The quantitative estimate of drug-likeness (QED) is 0.228. The average molecular weight is 470 g/mol. The third kappa shape index (κ3) is 8.54. The second kappa shape index (κ2) is 12.9. The predicted octanol–water partition coefficient (Wildman–Crippen LogP) is 4.99. The second-order valence-corrected chi connectivity index (χ2v) is 9.50. The monoisotopic (exact) mass is 469 g/mol. The minimum Gasteiger partial charge on any atom is -0.481 e. The van der Waals surface area contributed by atoms with E-state index in [0.717, 1.165) is 17.1 Å². The van der Waals surface area contributed by atoms with Gasteiger partial charge in [-0.3, -0.25) is 9.59 Å². The molecule has 1 unspecified atom stereocenters. The molecule has 2 N–H and O–H groups in total. The summed E-state index contributed by atoms with van der Waals surface area (Å²) in [6.07, 6.45) is 5.03. The van der Waals surface area contributed by atoms with Gasteiger partial charge in [-0.1, -0.05) is 50.1 Å². The highest BCUT2D eigenvalue weighted by Gasteiger charge is 2.52. The van der Waals surface area contributed by atoms with E-state index in [9.17, 15) is 23.5 Å². The number of unbranched alkanes of at least 4 members (excludes halogenated alkanes) is 3. The summed E-state index contributed by atoms with van der Waals surface area (Å²) >= 11 is 1.71. The number of hydrogen-bond acceptors (Lipinski definition) is 4. The Morgan fingerprint density at radius 1 is 1.25 bits per heavy atom. The van der Waals surface area contributed by atoms with Crippen molar-refractivity contribution in [1.82, 2.24) is 4.90 Å². The molecular weight excluding hydrogens is 436 g/mol. The zero-order valence-corrected chi connectivity index (χ0v) is 19.3. The van der Waals surface area contributed by atoms with Crippen LogP contribution in [0.2, 0.25) is 0 Å². The largest absolute Gasteiger partial charge is 0.481 e. The third-order valence-corrected chi connectivity index (χ3v) is 6.72. The SMILES string of the molecule is C[C@@H](CCSc1ccccc1)[C@H](O)C=CC1CC(F)(F)C(=O)N1CCCCCCC(=O)O.